The molecule has 0 fully saturated rings. The van der Waals surface area contributed by atoms with Gasteiger partial charge < -0.3 is 19.7 Å². The minimum atomic E-state index is -4.24. The number of hydrogen-bond donors (Lipinski definition) is 1. The molecule has 42 heavy (non-hydrogen) atoms. The summed E-state index contributed by atoms with van der Waals surface area (Å²) in [7, 11) is -1.31. The zero-order valence-electron chi connectivity index (χ0n) is 25.2. The highest BCUT2D eigenvalue weighted by Crippen LogP contribution is 2.33. The molecule has 3 aromatic rings. The van der Waals surface area contributed by atoms with Crippen LogP contribution >= 0.6 is 0 Å². The van der Waals surface area contributed by atoms with Crippen molar-refractivity contribution in [3.8, 4) is 11.5 Å². The Hall–Kier alpha value is -4.05. The Morgan fingerprint density at radius 2 is 1.52 bits per heavy atom. The monoisotopic (exact) mass is 595 g/mol. The van der Waals surface area contributed by atoms with Gasteiger partial charge in [-0.1, -0.05) is 55.8 Å². The fraction of sp³-hybridized carbons (Fsp3) is 0.375. The smallest absolute Gasteiger partial charge is 0.264 e. The summed E-state index contributed by atoms with van der Waals surface area (Å²) >= 11 is 0. The van der Waals surface area contributed by atoms with Crippen LogP contribution in [0, 0.1) is 6.92 Å². The number of carbonyl (C=O) groups is 2. The summed E-state index contributed by atoms with van der Waals surface area (Å²) in [5, 5.41) is 2.98. The number of ether oxygens (including phenoxy) is 2. The predicted molar refractivity (Wildman–Crippen MR) is 164 cm³/mol. The van der Waals surface area contributed by atoms with Crippen LogP contribution in [-0.2, 0) is 26.2 Å². The molecule has 2 atom stereocenters. The second-order valence-electron chi connectivity index (χ2n) is 10.1. The van der Waals surface area contributed by atoms with Gasteiger partial charge in [-0.2, -0.15) is 0 Å². The summed E-state index contributed by atoms with van der Waals surface area (Å²) in [5.41, 5.74) is 2.09. The Morgan fingerprint density at radius 1 is 0.881 bits per heavy atom. The number of aryl methyl sites for hydroxylation is 1. The van der Waals surface area contributed by atoms with Gasteiger partial charge in [0.2, 0.25) is 11.8 Å². The summed E-state index contributed by atoms with van der Waals surface area (Å²) in [6, 6.07) is 19.4. The Balaban J connectivity index is 2.09. The van der Waals surface area contributed by atoms with Gasteiger partial charge in [0.1, 0.15) is 24.1 Å². The van der Waals surface area contributed by atoms with Crippen LogP contribution in [0.3, 0.4) is 0 Å². The Bertz CT molecular complexity index is 1440. The molecule has 0 aliphatic carbocycles. The number of benzene rings is 3. The van der Waals surface area contributed by atoms with Gasteiger partial charge in [0.05, 0.1) is 24.8 Å². The maximum Gasteiger partial charge on any atom is 0.264 e. The standard InChI is InChI=1S/C32H41N3O6S/c1-7-24(4)33-32(37)28(8-2)34(21-25-15-13-23(3)14-16-25)31(36)22-35(29-11-9-10-12-30(29)41-6)42(38,39)27-19-17-26(40-5)18-20-27/h9-20,24,28H,7-8,21-22H2,1-6H3,(H,33,37)/t24-,28-/m0/s1. The molecule has 1 N–H and O–H groups in total. The molecule has 0 spiro atoms. The number of para-hydroxylation sites is 2. The van der Waals surface area contributed by atoms with Crippen molar-refractivity contribution >= 4 is 27.5 Å². The zero-order chi connectivity index (χ0) is 30.9. The number of nitrogens with zero attached hydrogens (tertiary/aromatic N) is 2. The molecule has 0 unspecified atom stereocenters. The minimum Gasteiger partial charge on any atom is -0.497 e. The normalized spacial score (nSPS) is 12.6. The quantitative estimate of drug-likeness (QED) is 0.283. The molecule has 2 amide bonds. The zero-order valence-corrected chi connectivity index (χ0v) is 26.0. The van der Waals surface area contributed by atoms with Gasteiger partial charge in [0.15, 0.2) is 0 Å². The Labute approximate surface area is 249 Å². The van der Waals surface area contributed by atoms with Crippen molar-refractivity contribution in [3.05, 3.63) is 83.9 Å². The number of nitrogens with one attached hydrogen (secondary N) is 1. The SMILES string of the molecule is CC[C@H](C)NC(=O)[C@H](CC)N(Cc1ccc(C)cc1)C(=O)CN(c1ccccc1OC)S(=O)(=O)c1ccc(OC)cc1. The highest BCUT2D eigenvalue weighted by Gasteiger charge is 2.35. The summed E-state index contributed by atoms with van der Waals surface area (Å²) in [6.07, 6.45) is 1.08. The molecule has 0 radical (unpaired) electrons. The van der Waals surface area contributed by atoms with Crippen molar-refractivity contribution in [3.63, 3.8) is 0 Å². The molecule has 0 bridgehead atoms. The first-order valence-corrected chi connectivity index (χ1v) is 15.4. The lowest BCUT2D eigenvalue weighted by Crippen LogP contribution is -2.53. The van der Waals surface area contributed by atoms with E-state index in [1.165, 1.54) is 31.3 Å². The van der Waals surface area contributed by atoms with E-state index in [9.17, 15) is 18.0 Å². The lowest BCUT2D eigenvalue weighted by Gasteiger charge is -2.34. The number of rotatable bonds is 14. The topological polar surface area (TPSA) is 105 Å². The molecule has 3 rings (SSSR count). The second-order valence-corrected chi connectivity index (χ2v) is 12.0. The van der Waals surface area contributed by atoms with Crippen LogP contribution in [0.25, 0.3) is 0 Å². The molecule has 0 saturated heterocycles. The first-order chi connectivity index (χ1) is 20.0. The number of methoxy groups -OCH3 is 2. The van der Waals surface area contributed by atoms with E-state index in [2.05, 4.69) is 5.32 Å². The van der Waals surface area contributed by atoms with Crippen molar-refractivity contribution in [1.29, 1.82) is 0 Å². The van der Waals surface area contributed by atoms with Crippen LogP contribution in [0.4, 0.5) is 5.69 Å². The van der Waals surface area contributed by atoms with Crippen LogP contribution in [0.1, 0.15) is 44.7 Å². The van der Waals surface area contributed by atoms with E-state index in [0.717, 1.165) is 21.9 Å². The summed E-state index contributed by atoms with van der Waals surface area (Å²) in [6.45, 7) is 7.26. The molecular formula is C32H41N3O6S. The maximum absolute atomic E-state index is 14.2. The lowest BCUT2D eigenvalue weighted by atomic mass is 10.1. The lowest BCUT2D eigenvalue weighted by molar-refractivity contribution is -0.140. The summed E-state index contributed by atoms with van der Waals surface area (Å²) in [5.74, 6) is -0.0239. The van der Waals surface area contributed by atoms with Crippen LogP contribution in [0.15, 0.2) is 77.7 Å². The molecule has 9 nitrogen and oxygen atoms in total. The molecule has 0 aliphatic rings. The maximum atomic E-state index is 14.2. The highest BCUT2D eigenvalue weighted by molar-refractivity contribution is 7.92. The number of carbonyl (C=O) groups excluding carboxylic acids is 2. The van der Waals surface area contributed by atoms with Crippen molar-refractivity contribution in [1.82, 2.24) is 10.2 Å². The molecule has 0 aromatic heterocycles. The van der Waals surface area contributed by atoms with Crippen LogP contribution < -0.4 is 19.1 Å². The Morgan fingerprint density at radius 3 is 2.10 bits per heavy atom. The molecule has 226 valence electrons. The van der Waals surface area contributed by atoms with Gasteiger partial charge in [-0.25, -0.2) is 8.42 Å². The van der Waals surface area contributed by atoms with E-state index >= 15 is 0 Å². The second kappa shape index (κ2) is 14.7. The van der Waals surface area contributed by atoms with E-state index in [4.69, 9.17) is 9.47 Å². The first kappa shape index (κ1) is 32.5. The number of amides is 2. The van der Waals surface area contributed by atoms with Gasteiger partial charge >= 0.3 is 0 Å². The third kappa shape index (κ3) is 7.82. The average Bonchev–Trinajstić information content (AvgIpc) is 3.00. The van der Waals surface area contributed by atoms with E-state index in [1.54, 1.807) is 36.4 Å². The minimum absolute atomic E-state index is 0.0198. The highest BCUT2D eigenvalue weighted by atomic mass is 32.2. The van der Waals surface area contributed by atoms with E-state index in [1.807, 2.05) is 52.0 Å². The van der Waals surface area contributed by atoms with E-state index in [0.29, 0.717) is 12.2 Å². The summed E-state index contributed by atoms with van der Waals surface area (Å²) < 4.78 is 39.9. The van der Waals surface area contributed by atoms with Gasteiger partial charge in [0, 0.05) is 12.6 Å². The number of sulfonamides is 1. The van der Waals surface area contributed by atoms with Gasteiger partial charge in [-0.3, -0.25) is 13.9 Å². The molecular weight excluding hydrogens is 554 g/mol. The van der Waals surface area contributed by atoms with Gasteiger partial charge in [0.25, 0.3) is 10.0 Å². The molecule has 10 heteroatoms. The molecule has 3 aromatic carbocycles. The van der Waals surface area contributed by atoms with Crippen LogP contribution in [-0.4, -0.2) is 58.0 Å². The van der Waals surface area contributed by atoms with Crippen LogP contribution in [0.2, 0.25) is 0 Å². The Kier molecular flexibility index (Phi) is 11.4. The number of hydrogen-bond acceptors (Lipinski definition) is 6. The predicted octanol–water partition coefficient (Wildman–Crippen LogP) is 4.93. The number of anilines is 1. The van der Waals surface area contributed by atoms with Gasteiger partial charge in [-0.05, 0) is 68.7 Å². The van der Waals surface area contributed by atoms with Crippen LogP contribution in [0.5, 0.6) is 11.5 Å². The molecule has 0 heterocycles. The molecule has 0 aliphatic heterocycles. The van der Waals surface area contributed by atoms with Crippen molar-refractivity contribution < 1.29 is 27.5 Å². The largest absolute Gasteiger partial charge is 0.497 e. The third-order valence-electron chi connectivity index (χ3n) is 7.14. The summed E-state index contributed by atoms with van der Waals surface area (Å²) in [4.78, 5) is 29.1. The fourth-order valence-corrected chi connectivity index (χ4v) is 5.90. The van der Waals surface area contributed by atoms with Crippen molar-refractivity contribution in [2.45, 2.75) is 64.1 Å². The molecule has 0 saturated carbocycles. The fourth-order valence-electron chi connectivity index (χ4n) is 4.47. The third-order valence-corrected chi connectivity index (χ3v) is 8.91. The average molecular weight is 596 g/mol. The van der Waals surface area contributed by atoms with Crippen molar-refractivity contribution in [2.75, 3.05) is 25.1 Å². The van der Waals surface area contributed by atoms with Gasteiger partial charge in [-0.15, -0.1) is 0 Å². The van der Waals surface area contributed by atoms with E-state index in [-0.39, 0.29) is 34.8 Å². The van der Waals surface area contributed by atoms with Crippen molar-refractivity contribution in [2.24, 2.45) is 0 Å². The van der Waals surface area contributed by atoms with E-state index < -0.39 is 28.5 Å². The first-order valence-electron chi connectivity index (χ1n) is 14.0.